The van der Waals surface area contributed by atoms with E-state index in [4.69, 9.17) is 4.74 Å². The van der Waals surface area contributed by atoms with Crippen LogP contribution in [0.1, 0.15) is 60.8 Å². The number of fused-ring (bicyclic) bond motifs is 1. The van der Waals surface area contributed by atoms with Gasteiger partial charge in [-0.15, -0.1) is 4.72 Å². The second-order valence-corrected chi connectivity index (χ2v) is 11.2. The molecule has 162 valence electrons. The van der Waals surface area contributed by atoms with E-state index in [-0.39, 0.29) is 11.5 Å². The number of benzene rings is 1. The summed E-state index contributed by atoms with van der Waals surface area (Å²) in [7, 11) is 1.69. The molecule has 0 bridgehead atoms. The lowest BCUT2D eigenvalue weighted by molar-refractivity contribution is 0.172. The van der Waals surface area contributed by atoms with Crippen LogP contribution in [0.5, 0.6) is 5.75 Å². The molecule has 7 nitrogen and oxygen atoms in total. The molecule has 2 aromatic rings. The van der Waals surface area contributed by atoms with E-state index < -0.39 is 16.1 Å². The lowest BCUT2D eigenvalue weighted by Crippen LogP contribution is -2.53. The molecule has 2 atom stereocenters. The smallest absolute Gasteiger partial charge is 0.226 e. The first-order chi connectivity index (χ1) is 14.8. The number of hydrogen-bond acceptors (Lipinski definition) is 7. The lowest BCUT2D eigenvalue weighted by atomic mass is 9.72. The number of aryl methyl sites for hydroxylation is 1. The van der Waals surface area contributed by atoms with Crippen molar-refractivity contribution in [1.82, 2.24) is 14.7 Å². The normalized spacial score (nSPS) is 25.2. The molecule has 0 amide bonds. The molecule has 1 fully saturated rings. The summed E-state index contributed by atoms with van der Waals surface area (Å²) in [4.78, 5) is 11.2. The van der Waals surface area contributed by atoms with Gasteiger partial charge < -0.3 is 14.2 Å². The van der Waals surface area contributed by atoms with Crippen molar-refractivity contribution in [2.75, 3.05) is 25.1 Å². The van der Waals surface area contributed by atoms with Crippen LogP contribution < -0.4 is 14.4 Å². The molecule has 1 N–H and O–H groups in total. The Morgan fingerprint density at radius 3 is 2.71 bits per heavy atom. The molecule has 1 saturated heterocycles. The Hall–Kier alpha value is -2.34. The van der Waals surface area contributed by atoms with Crippen LogP contribution in [0.25, 0.3) is 0 Å². The van der Waals surface area contributed by atoms with E-state index in [9.17, 15) is 9.81 Å². The van der Waals surface area contributed by atoms with E-state index in [1.54, 1.807) is 13.2 Å². The van der Waals surface area contributed by atoms with E-state index >= 15 is 0 Å². The first kappa shape index (κ1) is 20.6. The second kappa shape index (κ2) is 7.09. The fourth-order valence-electron chi connectivity index (χ4n) is 5.61. The summed E-state index contributed by atoms with van der Waals surface area (Å²) in [5, 5.41) is 9.26. The van der Waals surface area contributed by atoms with Gasteiger partial charge in [0.2, 0.25) is 5.95 Å². The molecule has 31 heavy (non-hydrogen) atoms. The number of methoxy groups -OCH3 is 1. The fourth-order valence-corrected chi connectivity index (χ4v) is 6.88. The van der Waals surface area contributed by atoms with Crippen molar-refractivity contribution in [3.05, 3.63) is 46.3 Å². The molecule has 2 aliphatic heterocycles. The third-order valence-corrected chi connectivity index (χ3v) is 8.83. The zero-order chi connectivity index (χ0) is 22.0. The molecular formula is C23H27N5O2S. The Morgan fingerprint density at radius 1 is 1.29 bits per heavy atom. The Balaban J connectivity index is 1.48. The molecule has 1 spiro atoms. The fraction of sp³-hybridized carbons (Fsp3) is 0.522. The summed E-state index contributed by atoms with van der Waals surface area (Å²) in [6.45, 7) is 7.56. The van der Waals surface area contributed by atoms with Gasteiger partial charge in [-0.25, -0.2) is 9.97 Å². The standard InChI is InChI=1S/C23H27N5O2S/c1-14-11-16(13-24)26-21(25-14)28-9-7-23(8-10-28)12-15-5-6-17(30-4)19-18(15)20(23)27-31(29)22(19,2)3/h5-6,11,20,27H,7-10,12H2,1-4H3/t20-,31-/m1/s1. The number of nitrogens with one attached hydrogen (secondary N) is 1. The van der Waals surface area contributed by atoms with Crippen molar-refractivity contribution in [3.63, 3.8) is 0 Å². The van der Waals surface area contributed by atoms with Gasteiger partial charge in [0, 0.05) is 35.6 Å². The topological polar surface area (TPSA) is 97.1 Å². The van der Waals surface area contributed by atoms with E-state index in [0.717, 1.165) is 49.4 Å². The summed E-state index contributed by atoms with van der Waals surface area (Å²) in [5.74, 6) is 1.46. The Bertz CT molecular complexity index is 1090. The van der Waals surface area contributed by atoms with Crippen LogP contribution in [-0.2, 0) is 22.5 Å². The average Bonchev–Trinajstić information content (AvgIpc) is 3.04. The van der Waals surface area contributed by atoms with Crippen LogP contribution >= 0.6 is 0 Å². The van der Waals surface area contributed by atoms with Crippen LogP contribution in [0.4, 0.5) is 5.95 Å². The van der Waals surface area contributed by atoms with Gasteiger partial charge in [0.15, 0.2) is 4.75 Å². The number of nitrogens with zero attached hydrogens (tertiary/aromatic N) is 4. The molecule has 3 aliphatic rings. The van der Waals surface area contributed by atoms with Crippen molar-refractivity contribution in [2.24, 2.45) is 5.41 Å². The van der Waals surface area contributed by atoms with E-state index in [0.29, 0.717) is 11.6 Å². The highest BCUT2D eigenvalue weighted by molar-refractivity contribution is 7.90. The number of nitriles is 1. The van der Waals surface area contributed by atoms with Crippen LogP contribution in [0.3, 0.4) is 0 Å². The molecule has 1 aromatic carbocycles. The Kier molecular flexibility index (Phi) is 4.70. The van der Waals surface area contributed by atoms with Crippen LogP contribution in [0.2, 0.25) is 0 Å². The van der Waals surface area contributed by atoms with Gasteiger partial charge in [-0.2, -0.15) is 5.26 Å². The minimum atomic E-state index is -1.20. The first-order valence-electron chi connectivity index (χ1n) is 10.7. The molecule has 5 rings (SSSR count). The number of piperidine rings is 1. The number of aromatic nitrogens is 2. The summed E-state index contributed by atoms with van der Waals surface area (Å²) in [6.07, 6.45) is 2.85. The number of ether oxygens (including phenoxy) is 1. The van der Waals surface area contributed by atoms with Gasteiger partial charge in [-0.3, -0.25) is 0 Å². The highest BCUT2D eigenvalue weighted by Crippen LogP contribution is 2.59. The van der Waals surface area contributed by atoms with Crippen LogP contribution in [-0.4, -0.2) is 34.7 Å². The van der Waals surface area contributed by atoms with E-state index in [1.165, 1.54) is 11.1 Å². The summed E-state index contributed by atoms with van der Waals surface area (Å²) >= 11 is -1.20. The van der Waals surface area contributed by atoms with Crippen molar-refractivity contribution < 1.29 is 9.29 Å². The highest BCUT2D eigenvalue weighted by atomic mass is 32.2. The summed E-state index contributed by atoms with van der Waals surface area (Å²) in [5.41, 5.74) is 4.93. The van der Waals surface area contributed by atoms with E-state index in [1.807, 2.05) is 26.8 Å². The van der Waals surface area contributed by atoms with Gasteiger partial charge in [-0.1, -0.05) is 6.07 Å². The molecule has 3 heterocycles. The Morgan fingerprint density at radius 2 is 2.03 bits per heavy atom. The SMILES string of the molecule is COc1ccc2c3c1C(C)(C)[S@@+]([O-])N[C@H]3C1(CCN(c3nc(C)cc(C#N)n3)CC1)C2. The number of rotatable bonds is 2. The lowest BCUT2D eigenvalue weighted by Gasteiger charge is -2.46. The van der Waals surface area contributed by atoms with Crippen molar-refractivity contribution in [1.29, 1.82) is 5.26 Å². The molecule has 0 unspecified atom stereocenters. The third kappa shape index (κ3) is 3.02. The van der Waals surface area contributed by atoms with Gasteiger partial charge in [0.05, 0.1) is 18.7 Å². The van der Waals surface area contributed by atoms with Crippen molar-refractivity contribution in [3.8, 4) is 11.8 Å². The first-order valence-corrected chi connectivity index (χ1v) is 11.8. The largest absolute Gasteiger partial charge is 0.597 e. The maximum Gasteiger partial charge on any atom is 0.226 e. The monoisotopic (exact) mass is 437 g/mol. The zero-order valence-corrected chi connectivity index (χ0v) is 19.2. The minimum Gasteiger partial charge on any atom is -0.597 e. The van der Waals surface area contributed by atoms with Gasteiger partial charge >= 0.3 is 0 Å². The van der Waals surface area contributed by atoms with Crippen molar-refractivity contribution >= 4 is 17.3 Å². The van der Waals surface area contributed by atoms with Gasteiger partial charge in [0.25, 0.3) is 0 Å². The van der Waals surface area contributed by atoms with Gasteiger partial charge in [-0.05, 0) is 63.3 Å². The molecule has 0 saturated carbocycles. The second-order valence-electron chi connectivity index (χ2n) is 9.38. The van der Waals surface area contributed by atoms with Crippen molar-refractivity contribution in [2.45, 2.75) is 50.8 Å². The summed E-state index contributed by atoms with van der Waals surface area (Å²) < 4.78 is 21.9. The molecule has 0 radical (unpaired) electrons. The number of anilines is 1. The third-order valence-electron chi connectivity index (χ3n) is 7.25. The van der Waals surface area contributed by atoms with Crippen LogP contribution in [0.15, 0.2) is 18.2 Å². The molecular weight excluding hydrogens is 410 g/mol. The average molecular weight is 438 g/mol. The predicted molar refractivity (Wildman–Crippen MR) is 119 cm³/mol. The van der Waals surface area contributed by atoms with Crippen LogP contribution in [0, 0.1) is 23.7 Å². The molecule has 1 aromatic heterocycles. The summed E-state index contributed by atoms with van der Waals surface area (Å²) in [6, 6.07) is 8.11. The minimum absolute atomic E-state index is 0.00793. The number of hydrogen-bond donors (Lipinski definition) is 1. The molecule has 8 heteroatoms. The highest BCUT2D eigenvalue weighted by Gasteiger charge is 2.57. The van der Waals surface area contributed by atoms with Gasteiger partial charge in [0.1, 0.15) is 17.5 Å². The molecule has 1 aliphatic carbocycles. The maximum atomic E-state index is 13.2. The maximum absolute atomic E-state index is 13.2. The predicted octanol–water partition coefficient (Wildman–Crippen LogP) is 3.05. The van der Waals surface area contributed by atoms with E-state index in [2.05, 4.69) is 31.7 Å². The Labute approximate surface area is 186 Å². The quantitative estimate of drug-likeness (QED) is 0.721. The zero-order valence-electron chi connectivity index (χ0n) is 18.4.